The molecule has 4 amide bonds. The van der Waals surface area contributed by atoms with E-state index in [1.807, 2.05) is 38.1 Å². The molecule has 0 atom stereocenters. The molecule has 1 saturated heterocycles. The highest BCUT2D eigenvalue weighted by molar-refractivity contribution is 14.1. The summed E-state index contributed by atoms with van der Waals surface area (Å²) in [5.74, 6) is 0.149. The number of anilines is 1. The SMILES string of the molecule is CCCOc1ccc(N2C(=O)NC(=O)/C(=C/c3cc(I)c(OCc4ccccc4Br)c(OCC)c3)C2=O)cc1. The van der Waals surface area contributed by atoms with Crippen molar-refractivity contribution in [1.29, 1.82) is 0 Å². The number of carbonyl (C=O) groups is 3. The van der Waals surface area contributed by atoms with Crippen molar-refractivity contribution in [3.63, 3.8) is 0 Å². The second kappa shape index (κ2) is 13.1. The zero-order chi connectivity index (χ0) is 27.9. The van der Waals surface area contributed by atoms with Crippen molar-refractivity contribution in [2.45, 2.75) is 26.9 Å². The van der Waals surface area contributed by atoms with Crippen LogP contribution in [0.5, 0.6) is 17.2 Å². The summed E-state index contributed by atoms with van der Waals surface area (Å²) in [5.41, 5.74) is 1.66. The van der Waals surface area contributed by atoms with Gasteiger partial charge in [0.15, 0.2) is 11.5 Å². The minimum absolute atomic E-state index is 0.180. The van der Waals surface area contributed by atoms with Crippen LogP contribution in [0.1, 0.15) is 31.4 Å². The van der Waals surface area contributed by atoms with Crippen molar-refractivity contribution >= 4 is 68.1 Å². The van der Waals surface area contributed by atoms with Crippen LogP contribution in [-0.2, 0) is 16.2 Å². The summed E-state index contributed by atoms with van der Waals surface area (Å²) < 4.78 is 19.2. The summed E-state index contributed by atoms with van der Waals surface area (Å²) in [4.78, 5) is 39.6. The van der Waals surface area contributed by atoms with Crippen LogP contribution in [0.3, 0.4) is 0 Å². The Balaban J connectivity index is 1.62. The van der Waals surface area contributed by atoms with Gasteiger partial charge in [0, 0.05) is 10.0 Å². The Morgan fingerprint density at radius 3 is 2.41 bits per heavy atom. The van der Waals surface area contributed by atoms with E-state index in [1.54, 1.807) is 36.4 Å². The van der Waals surface area contributed by atoms with E-state index in [1.165, 1.54) is 6.08 Å². The molecule has 202 valence electrons. The second-order valence-electron chi connectivity index (χ2n) is 8.44. The summed E-state index contributed by atoms with van der Waals surface area (Å²) in [6, 6.07) is 17.0. The zero-order valence-electron chi connectivity index (χ0n) is 21.3. The van der Waals surface area contributed by atoms with Gasteiger partial charge in [-0.05, 0) is 90.0 Å². The number of rotatable bonds is 10. The fourth-order valence-corrected chi connectivity index (χ4v) is 4.99. The average Bonchev–Trinajstić information content (AvgIpc) is 2.91. The lowest BCUT2D eigenvalue weighted by Crippen LogP contribution is -2.54. The number of ether oxygens (including phenoxy) is 3. The number of hydrogen-bond acceptors (Lipinski definition) is 6. The Labute approximate surface area is 248 Å². The van der Waals surface area contributed by atoms with Gasteiger partial charge in [-0.3, -0.25) is 14.9 Å². The van der Waals surface area contributed by atoms with Gasteiger partial charge in [0.1, 0.15) is 17.9 Å². The van der Waals surface area contributed by atoms with E-state index in [0.717, 1.165) is 24.9 Å². The van der Waals surface area contributed by atoms with Gasteiger partial charge < -0.3 is 14.2 Å². The van der Waals surface area contributed by atoms with Crippen LogP contribution in [0.15, 0.2) is 70.7 Å². The predicted molar refractivity (Wildman–Crippen MR) is 160 cm³/mol. The van der Waals surface area contributed by atoms with E-state index in [0.29, 0.717) is 48.3 Å². The number of imide groups is 2. The first-order valence-corrected chi connectivity index (χ1v) is 14.2. The summed E-state index contributed by atoms with van der Waals surface area (Å²) in [5, 5.41) is 2.25. The molecule has 4 rings (SSSR count). The molecule has 0 unspecified atom stereocenters. The van der Waals surface area contributed by atoms with Crippen LogP contribution in [0.2, 0.25) is 0 Å². The lowest BCUT2D eigenvalue weighted by Gasteiger charge is -2.26. The first-order valence-electron chi connectivity index (χ1n) is 12.3. The number of barbiturate groups is 1. The van der Waals surface area contributed by atoms with E-state index in [4.69, 9.17) is 14.2 Å². The highest BCUT2D eigenvalue weighted by Crippen LogP contribution is 2.36. The molecule has 3 aromatic rings. The summed E-state index contributed by atoms with van der Waals surface area (Å²) >= 11 is 5.66. The van der Waals surface area contributed by atoms with E-state index < -0.39 is 17.8 Å². The van der Waals surface area contributed by atoms with Crippen LogP contribution in [0.4, 0.5) is 10.5 Å². The minimum Gasteiger partial charge on any atom is -0.494 e. The topological polar surface area (TPSA) is 94.2 Å². The Morgan fingerprint density at radius 1 is 0.974 bits per heavy atom. The van der Waals surface area contributed by atoms with Crippen LogP contribution in [0, 0.1) is 3.57 Å². The normalized spacial score (nSPS) is 14.4. The van der Waals surface area contributed by atoms with Gasteiger partial charge in [0.2, 0.25) is 0 Å². The maximum atomic E-state index is 13.3. The van der Waals surface area contributed by atoms with Crippen molar-refractivity contribution in [2.24, 2.45) is 0 Å². The molecule has 1 aliphatic heterocycles. The highest BCUT2D eigenvalue weighted by Gasteiger charge is 2.37. The largest absolute Gasteiger partial charge is 0.494 e. The summed E-state index contributed by atoms with van der Waals surface area (Å²) in [7, 11) is 0. The van der Waals surface area contributed by atoms with Crippen molar-refractivity contribution in [1.82, 2.24) is 5.32 Å². The van der Waals surface area contributed by atoms with Crippen molar-refractivity contribution in [2.75, 3.05) is 18.1 Å². The quantitative estimate of drug-likeness (QED) is 0.147. The number of halogens is 2. The Bertz CT molecular complexity index is 1420. The third-order valence-electron chi connectivity index (χ3n) is 5.64. The number of carbonyl (C=O) groups excluding carboxylic acids is 3. The molecule has 10 heteroatoms. The minimum atomic E-state index is -0.815. The maximum absolute atomic E-state index is 13.3. The van der Waals surface area contributed by atoms with Crippen LogP contribution in [0.25, 0.3) is 6.08 Å². The number of benzene rings is 3. The molecular formula is C29H26BrIN2O6. The molecule has 39 heavy (non-hydrogen) atoms. The van der Waals surface area contributed by atoms with Crippen molar-refractivity contribution < 1.29 is 28.6 Å². The lowest BCUT2D eigenvalue weighted by atomic mass is 10.1. The van der Waals surface area contributed by atoms with Gasteiger partial charge in [-0.1, -0.05) is 41.1 Å². The second-order valence-corrected chi connectivity index (χ2v) is 10.5. The van der Waals surface area contributed by atoms with E-state index in [2.05, 4.69) is 43.8 Å². The standard InChI is InChI=1S/C29H26BrIN2O6/c1-3-13-38-21-11-9-20(10-12-21)33-28(35)22(27(34)32-29(33)36)14-18-15-24(31)26(25(16-18)37-4-2)39-17-19-7-5-6-8-23(19)30/h5-12,14-16H,3-4,13,17H2,1-2H3,(H,32,34,36)/b22-14-. The first-order chi connectivity index (χ1) is 18.8. The average molecular weight is 705 g/mol. The zero-order valence-corrected chi connectivity index (χ0v) is 25.1. The van der Waals surface area contributed by atoms with Crippen LogP contribution < -0.4 is 24.4 Å². The Kier molecular flexibility index (Phi) is 9.63. The van der Waals surface area contributed by atoms with Gasteiger partial charge in [-0.2, -0.15) is 0 Å². The Hall–Kier alpha value is -3.38. The third-order valence-corrected chi connectivity index (χ3v) is 7.22. The smallest absolute Gasteiger partial charge is 0.335 e. The van der Waals surface area contributed by atoms with Gasteiger partial charge in [-0.15, -0.1) is 0 Å². The third kappa shape index (κ3) is 6.80. The molecule has 0 aliphatic carbocycles. The summed E-state index contributed by atoms with van der Waals surface area (Å²) in [6.45, 7) is 5.12. The molecule has 0 aromatic heterocycles. The number of hydrogen-bond donors (Lipinski definition) is 1. The number of urea groups is 1. The van der Waals surface area contributed by atoms with Crippen molar-refractivity contribution in [3.8, 4) is 17.2 Å². The number of nitrogens with one attached hydrogen (secondary N) is 1. The first kappa shape index (κ1) is 28.6. The molecule has 1 fully saturated rings. The molecular weight excluding hydrogens is 679 g/mol. The molecule has 0 spiro atoms. The van der Waals surface area contributed by atoms with Gasteiger partial charge in [0.05, 0.1) is 22.5 Å². The van der Waals surface area contributed by atoms with Crippen molar-refractivity contribution in [3.05, 3.63) is 85.4 Å². The monoisotopic (exact) mass is 704 g/mol. The molecule has 0 saturated carbocycles. The van der Waals surface area contributed by atoms with E-state index in [9.17, 15) is 14.4 Å². The predicted octanol–water partition coefficient (Wildman–Crippen LogP) is 6.49. The molecule has 0 radical (unpaired) electrons. The molecule has 0 bridgehead atoms. The van der Waals surface area contributed by atoms with Crippen LogP contribution in [-0.4, -0.2) is 31.1 Å². The van der Waals surface area contributed by atoms with Crippen LogP contribution >= 0.6 is 38.5 Å². The maximum Gasteiger partial charge on any atom is 0.335 e. The van der Waals surface area contributed by atoms with E-state index >= 15 is 0 Å². The van der Waals surface area contributed by atoms with E-state index in [-0.39, 0.29) is 5.57 Å². The van der Waals surface area contributed by atoms with Gasteiger partial charge >= 0.3 is 6.03 Å². The van der Waals surface area contributed by atoms with Gasteiger partial charge in [0.25, 0.3) is 11.8 Å². The number of nitrogens with zero attached hydrogens (tertiary/aromatic N) is 1. The Morgan fingerprint density at radius 2 is 1.72 bits per heavy atom. The van der Waals surface area contributed by atoms with Gasteiger partial charge in [-0.25, -0.2) is 9.69 Å². The highest BCUT2D eigenvalue weighted by atomic mass is 127. The number of amides is 4. The fraction of sp³-hybridized carbons (Fsp3) is 0.207. The molecule has 3 aromatic carbocycles. The molecule has 1 heterocycles. The lowest BCUT2D eigenvalue weighted by molar-refractivity contribution is -0.122. The molecule has 1 aliphatic rings. The summed E-state index contributed by atoms with van der Waals surface area (Å²) in [6.07, 6.45) is 2.30. The molecule has 8 nitrogen and oxygen atoms in total. The fourth-order valence-electron chi connectivity index (χ4n) is 3.81. The molecule has 1 N–H and O–H groups in total.